The fourth-order valence-electron chi connectivity index (χ4n) is 4.69. The molecular formula is C27H28ClFN4O5S. The van der Waals surface area contributed by atoms with E-state index in [4.69, 9.17) is 28.6 Å². The van der Waals surface area contributed by atoms with Crippen molar-refractivity contribution < 1.29 is 28.3 Å². The highest BCUT2D eigenvalue weighted by Gasteiger charge is 2.36. The van der Waals surface area contributed by atoms with E-state index >= 15 is 0 Å². The summed E-state index contributed by atoms with van der Waals surface area (Å²) in [6.07, 6.45) is -0.421. The van der Waals surface area contributed by atoms with E-state index in [1.165, 1.54) is 30.3 Å². The monoisotopic (exact) mass is 574 g/mol. The number of halogens is 2. The van der Waals surface area contributed by atoms with Crippen molar-refractivity contribution in [1.29, 1.82) is 0 Å². The molecule has 2 aromatic rings. The number of amides is 3. The molecule has 2 N–H and O–H groups in total. The minimum absolute atomic E-state index is 0.0588. The van der Waals surface area contributed by atoms with E-state index in [0.717, 1.165) is 5.56 Å². The lowest BCUT2D eigenvalue weighted by Crippen LogP contribution is -2.58. The van der Waals surface area contributed by atoms with Crippen LogP contribution in [0.3, 0.4) is 0 Å². The molecule has 206 valence electrons. The maximum absolute atomic E-state index is 13.2. The summed E-state index contributed by atoms with van der Waals surface area (Å²) in [7, 11) is 0. The van der Waals surface area contributed by atoms with Gasteiger partial charge in [0, 0.05) is 43.2 Å². The van der Waals surface area contributed by atoms with Crippen LogP contribution < -0.4 is 15.4 Å². The molecule has 0 aromatic heterocycles. The third kappa shape index (κ3) is 6.97. The van der Waals surface area contributed by atoms with Crippen molar-refractivity contribution in [2.45, 2.75) is 38.9 Å². The quantitative estimate of drug-likeness (QED) is 0.283. The summed E-state index contributed by atoms with van der Waals surface area (Å²) in [5.74, 6) is -3.54. The molecule has 2 atom stereocenters. The van der Waals surface area contributed by atoms with Gasteiger partial charge in [0.15, 0.2) is 17.5 Å². The molecule has 2 fully saturated rings. The first-order chi connectivity index (χ1) is 18.5. The van der Waals surface area contributed by atoms with Crippen LogP contribution in [0.25, 0.3) is 0 Å². The van der Waals surface area contributed by atoms with Gasteiger partial charge in [0.25, 0.3) is 5.91 Å². The number of hydrogen-bond acceptors (Lipinski definition) is 7. The van der Waals surface area contributed by atoms with Crippen molar-refractivity contribution in [3.8, 4) is 5.75 Å². The van der Waals surface area contributed by atoms with Gasteiger partial charge < -0.3 is 20.3 Å². The summed E-state index contributed by atoms with van der Waals surface area (Å²) >= 11 is 10.9. The number of Topliss-reactive ketones (excluding diaryl/α,β-unsaturated/α-hetero) is 1. The number of rotatable bonds is 8. The van der Waals surface area contributed by atoms with Gasteiger partial charge in [-0.15, -0.1) is 0 Å². The van der Waals surface area contributed by atoms with Gasteiger partial charge in [0.2, 0.25) is 11.8 Å². The number of ketones is 1. The molecule has 2 aliphatic heterocycles. The van der Waals surface area contributed by atoms with Crippen molar-refractivity contribution in [2.24, 2.45) is 5.92 Å². The van der Waals surface area contributed by atoms with Crippen LogP contribution in [0.1, 0.15) is 36.2 Å². The molecule has 0 bridgehead atoms. The fraction of sp³-hybridized carbons (Fsp3) is 0.370. The number of piperazine rings is 1. The van der Waals surface area contributed by atoms with Gasteiger partial charge in [-0.3, -0.25) is 24.1 Å². The molecule has 0 saturated carbocycles. The van der Waals surface area contributed by atoms with Crippen LogP contribution in [-0.2, 0) is 20.9 Å². The molecule has 2 aromatic carbocycles. The minimum atomic E-state index is -1.26. The van der Waals surface area contributed by atoms with Crippen LogP contribution in [0, 0.1) is 11.7 Å². The van der Waals surface area contributed by atoms with Crippen LogP contribution in [0.2, 0.25) is 5.02 Å². The predicted molar refractivity (Wildman–Crippen MR) is 146 cm³/mol. The molecule has 0 radical (unpaired) electrons. The predicted octanol–water partition coefficient (Wildman–Crippen LogP) is 2.70. The average Bonchev–Trinajstić information content (AvgIpc) is 2.88. The number of carbonyl (C=O) groups is 4. The highest BCUT2D eigenvalue weighted by molar-refractivity contribution is 7.80. The maximum atomic E-state index is 13.2. The Balaban J connectivity index is 1.38. The Kier molecular flexibility index (Phi) is 8.94. The Morgan fingerprint density at radius 3 is 2.38 bits per heavy atom. The Hall–Kier alpha value is -3.41. The summed E-state index contributed by atoms with van der Waals surface area (Å²) in [6, 6.07) is 10.7. The molecule has 4 rings (SSSR count). The highest BCUT2D eigenvalue weighted by atomic mass is 35.5. The fourth-order valence-corrected chi connectivity index (χ4v) is 5.06. The number of nitrogens with zero attached hydrogens (tertiary/aromatic N) is 2. The van der Waals surface area contributed by atoms with E-state index < -0.39 is 29.9 Å². The molecule has 9 nitrogen and oxygen atoms in total. The third-order valence-corrected chi connectivity index (χ3v) is 7.26. The van der Waals surface area contributed by atoms with Crippen molar-refractivity contribution in [1.82, 2.24) is 20.4 Å². The minimum Gasteiger partial charge on any atom is -0.483 e. The SMILES string of the molecule is CC1CN(Cc2ccc(F)cc2)[C@@H](C)CN1C(=O)COc1ccc(Cl)cc1C(=O)CC1C(=O)NC(=S)NC1=O. The average molecular weight is 575 g/mol. The van der Waals surface area contributed by atoms with Gasteiger partial charge >= 0.3 is 0 Å². The Morgan fingerprint density at radius 1 is 1.05 bits per heavy atom. The van der Waals surface area contributed by atoms with E-state index in [9.17, 15) is 23.6 Å². The molecule has 12 heteroatoms. The summed E-state index contributed by atoms with van der Waals surface area (Å²) in [5, 5.41) is 4.80. The third-order valence-electron chi connectivity index (χ3n) is 6.82. The second-order valence-corrected chi connectivity index (χ2v) is 10.6. The second kappa shape index (κ2) is 12.2. The standard InChI is InChI=1S/C27H28ClFN4O5S/c1-15-12-33(16(2)11-32(15)13-17-3-6-19(29)7-4-17)24(35)14-38-23-8-5-18(28)9-20(23)22(34)10-21-25(36)30-27(39)31-26(21)37/h3-9,15-16,21H,10-14H2,1-2H3,(H2,30,31,36,37,39)/t15-,16?/m0/s1. The summed E-state index contributed by atoms with van der Waals surface area (Å²) in [6.45, 7) is 5.41. The molecule has 2 heterocycles. The Labute approximate surface area is 235 Å². The topological polar surface area (TPSA) is 108 Å². The summed E-state index contributed by atoms with van der Waals surface area (Å²) < 4.78 is 19.0. The number of thiocarbonyl (C=S) groups is 1. The largest absolute Gasteiger partial charge is 0.483 e. The molecule has 1 unspecified atom stereocenters. The zero-order valence-corrected chi connectivity index (χ0v) is 23.0. The highest BCUT2D eigenvalue weighted by Crippen LogP contribution is 2.27. The lowest BCUT2D eigenvalue weighted by molar-refractivity contribution is -0.139. The number of hydrogen-bond donors (Lipinski definition) is 2. The van der Waals surface area contributed by atoms with Gasteiger partial charge in [0.05, 0.1) is 5.56 Å². The molecular weight excluding hydrogens is 547 g/mol. The van der Waals surface area contributed by atoms with Crippen LogP contribution in [0.4, 0.5) is 4.39 Å². The van der Waals surface area contributed by atoms with Gasteiger partial charge in [-0.2, -0.15) is 0 Å². The second-order valence-electron chi connectivity index (χ2n) is 9.72. The van der Waals surface area contributed by atoms with E-state index in [1.807, 2.05) is 13.8 Å². The molecule has 39 heavy (non-hydrogen) atoms. The molecule has 3 amide bonds. The van der Waals surface area contributed by atoms with Gasteiger partial charge in [0.1, 0.15) is 17.5 Å². The summed E-state index contributed by atoms with van der Waals surface area (Å²) in [4.78, 5) is 54.5. The van der Waals surface area contributed by atoms with E-state index in [0.29, 0.717) is 19.6 Å². The number of nitrogens with one attached hydrogen (secondary N) is 2. The molecule has 0 spiro atoms. The van der Waals surface area contributed by atoms with Gasteiger partial charge in [-0.25, -0.2) is 4.39 Å². The molecule has 2 aliphatic rings. The first-order valence-corrected chi connectivity index (χ1v) is 13.2. The van der Waals surface area contributed by atoms with Crippen molar-refractivity contribution in [3.63, 3.8) is 0 Å². The molecule has 0 aliphatic carbocycles. The van der Waals surface area contributed by atoms with Crippen LogP contribution >= 0.6 is 23.8 Å². The summed E-state index contributed by atoms with van der Waals surface area (Å²) in [5.41, 5.74) is 1.05. The smallest absolute Gasteiger partial charge is 0.260 e. The van der Waals surface area contributed by atoms with Crippen LogP contribution in [0.5, 0.6) is 5.75 Å². The van der Waals surface area contributed by atoms with Crippen LogP contribution in [-0.4, -0.2) is 70.2 Å². The number of ether oxygens (including phenoxy) is 1. The van der Waals surface area contributed by atoms with Crippen LogP contribution in [0.15, 0.2) is 42.5 Å². The van der Waals surface area contributed by atoms with Gasteiger partial charge in [-0.05, 0) is 62.0 Å². The maximum Gasteiger partial charge on any atom is 0.260 e. The Bertz CT molecular complexity index is 1290. The lowest BCUT2D eigenvalue weighted by atomic mass is 9.95. The van der Waals surface area contributed by atoms with E-state index in [-0.39, 0.29) is 51.9 Å². The van der Waals surface area contributed by atoms with E-state index in [2.05, 4.69) is 15.5 Å². The van der Waals surface area contributed by atoms with Crippen molar-refractivity contribution in [3.05, 3.63) is 64.4 Å². The first-order valence-electron chi connectivity index (χ1n) is 12.4. The normalized spacial score (nSPS) is 20.4. The first kappa shape index (κ1) is 28.6. The molecule has 2 saturated heterocycles. The van der Waals surface area contributed by atoms with Gasteiger partial charge in [-0.1, -0.05) is 23.7 Å². The zero-order chi connectivity index (χ0) is 28.3. The lowest BCUT2D eigenvalue weighted by Gasteiger charge is -2.44. The number of carbonyl (C=O) groups excluding carboxylic acids is 4. The van der Waals surface area contributed by atoms with Crippen molar-refractivity contribution >= 4 is 52.4 Å². The van der Waals surface area contributed by atoms with E-state index in [1.54, 1.807) is 17.0 Å². The van der Waals surface area contributed by atoms with Crippen molar-refractivity contribution in [2.75, 3.05) is 19.7 Å². The number of benzene rings is 2. The zero-order valence-electron chi connectivity index (χ0n) is 21.4. The Morgan fingerprint density at radius 2 is 1.72 bits per heavy atom.